The lowest BCUT2D eigenvalue weighted by atomic mass is 10.1. The molecule has 7 nitrogen and oxygen atoms in total. The van der Waals surface area contributed by atoms with Gasteiger partial charge in [-0.1, -0.05) is 30.0 Å². The molecule has 1 saturated heterocycles. The van der Waals surface area contributed by atoms with Gasteiger partial charge in [-0.05, 0) is 68.7 Å². The normalized spacial score (nSPS) is 14.4. The van der Waals surface area contributed by atoms with E-state index in [1.165, 1.54) is 16.1 Å². The van der Waals surface area contributed by atoms with E-state index in [0.717, 1.165) is 29.8 Å². The summed E-state index contributed by atoms with van der Waals surface area (Å²) in [6, 6.07) is 15.7. The number of carbonyl (C=O) groups is 1. The first-order valence-electron chi connectivity index (χ1n) is 10.8. The number of amides is 1. The van der Waals surface area contributed by atoms with Crippen LogP contribution in [0, 0.1) is 13.8 Å². The van der Waals surface area contributed by atoms with E-state index >= 15 is 0 Å². The minimum absolute atomic E-state index is 0.243. The first-order chi connectivity index (χ1) is 15.8. The van der Waals surface area contributed by atoms with Gasteiger partial charge >= 0.3 is 0 Å². The standard InChI is InChI=1S/C24H26N4O3S2/c1-17-15-18(2)26-24(25-17)32-16-19-7-3-4-8-22(19)23(29)27-20-9-11-21(12-10-20)33(30,31)28-13-5-6-14-28/h3-4,7-12,15H,5-6,13-14,16H2,1-2H3,(H,27,29). The molecule has 3 aromatic rings. The van der Waals surface area contributed by atoms with Gasteiger partial charge in [0.2, 0.25) is 10.0 Å². The number of aryl methyl sites for hydroxylation is 2. The molecular weight excluding hydrogens is 456 g/mol. The van der Waals surface area contributed by atoms with Crippen LogP contribution in [0.1, 0.15) is 40.2 Å². The Hall–Kier alpha value is -2.75. The van der Waals surface area contributed by atoms with Crippen LogP contribution in [0.15, 0.2) is 64.6 Å². The van der Waals surface area contributed by atoms with Gasteiger partial charge in [0.1, 0.15) is 0 Å². The van der Waals surface area contributed by atoms with Crippen LogP contribution in [0.4, 0.5) is 5.69 Å². The van der Waals surface area contributed by atoms with E-state index in [2.05, 4.69) is 15.3 Å². The fourth-order valence-corrected chi connectivity index (χ4v) is 6.22. The maximum atomic E-state index is 13.0. The van der Waals surface area contributed by atoms with Gasteiger partial charge in [0.25, 0.3) is 5.91 Å². The summed E-state index contributed by atoms with van der Waals surface area (Å²) in [6.07, 6.45) is 1.78. The Bertz CT molecular complexity index is 1230. The zero-order valence-electron chi connectivity index (χ0n) is 18.6. The summed E-state index contributed by atoms with van der Waals surface area (Å²) in [5.41, 5.74) is 3.79. The van der Waals surface area contributed by atoms with Crippen molar-refractivity contribution < 1.29 is 13.2 Å². The number of thioether (sulfide) groups is 1. The van der Waals surface area contributed by atoms with Crippen LogP contribution in [0.5, 0.6) is 0 Å². The van der Waals surface area contributed by atoms with E-state index in [1.54, 1.807) is 30.3 Å². The third-order valence-corrected chi connectivity index (χ3v) is 8.20. The monoisotopic (exact) mass is 482 g/mol. The van der Waals surface area contributed by atoms with Crippen LogP contribution in [-0.2, 0) is 15.8 Å². The van der Waals surface area contributed by atoms with Crippen molar-refractivity contribution >= 4 is 33.4 Å². The molecule has 4 rings (SSSR count). The molecule has 9 heteroatoms. The van der Waals surface area contributed by atoms with Crippen molar-refractivity contribution in [3.05, 3.63) is 77.1 Å². The lowest BCUT2D eigenvalue weighted by Crippen LogP contribution is -2.27. The number of nitrogens with zero attached hydrogens (tertiary/aromatic N) is 3. The SMILES string of the molecule is Cc1cc(C)nc(SCc2ccccc2C(=O)Nc2ccc(S(=O)(=O)N3CCCC3)cc2)n1. The quantitative estimate of drug-likeness (QED) is 0.396. The van der Waals surface area contributed by atoms with Gasteiger partial charge < -0.3 is 5.32 Å². The molecule has 0 unspecified atom stereocenters. The zero-order chi connectivity index (χ0) is 23.4. The highest BCUT2D eigenvalue weighted by atomic mass is 32.2. The summed E-state index contributed by atoms with van der Waals surface area (Å²) < 4.78 is 26.9. The van der Waals surface area contributed by atoms with Crippen molar-refractivity contribution in [3.63, 3.8) is 0 Å². The van der Waals surface area contributed by atoms with Crippen LogP contribution in [0.3, 0.4) is 0 Å². The fourth-order valence-electron chi connectivity index (χ4n) is 3.75. The van der Waals surface area contributed by atoms with Gasteiger partial charge in [0, 0.05) is 41.5 Å². The fraction of sp³-hybridized carbons (Fsp3) is 0.292. The van der Waals surface area contributed by atoms with Crippen LogP contribution in [0.25, 0.3) is 0 Å². The molecule has 1 aliphatic rings. The van der Waals surface area contributed by atoms with Gasteiger partial charge in [0.15, 0.2) is 5.16 Å². The average molecular weight is 483 g/mol. The van der Waals surface area contributed by atoms with Gasteiger partial charge in [-0.25, -0.2) is 18.4 Å². The Morgan fingerprint density at radius 1 is 1.00 bits per heavy atom. The van der Waals surface area contributed by atoms with Crippen LogP contribution < -0.4 is 5.32 Å². The van der Waals surface area contributed by atoms with Crippen molar-refractivity contribution in [2.45, 2.75) is 42.5 Å². The molecule has 2 heterocycles. The maximum Gasteiger partial charge on any atom is 0.255 e. The topological polar surface area (TPSA) is 92.3 Å². The number of rotatable bonds is 7. The van der Waals surface area contributed by atoms with Crippen LogP contribution in [-0.4, -0.2) is 41.7 Å². The highest BCUT2D eigenvalue weighted by Crippen LogP contribution is 2.25. The second kappa shape index (κ2) is 10.0. The first kappa shape index (κ1) is 23.4. The molecule has 172 valence electrons. The smallest absolute Gasteiger partial charge is 0.255 e. The molecule has 33 heavy (non-hydrogen) atoms. The Kier molecular flexibility index (Phi) is 7.11. The molecule has 0 aliphatic carbocycles. The number of anilines is 1. The summed E-state index contributed by atoms with van der Waals surface area (Å²) >= 11 is 1.48. The Labute approximate surface area is 198 Å². The van der Waals surface area contributed by atoms with Crippen molar-refractivity contribution in [3.8, 4) is 0 Å². The Morgan fingerprint density at radius 3 is 2.30 bits per heavy atom. The third kappa shape index (κ3) is 5.61. The van der Waals surface area contributed by atoms with Gasteiger partial charge in [-0.15, -0.1) is 0 Å². The molecule has 1 N–H and O–H groups in total. The summed E-state index contributed by atoms with van der Waals surface area (Å²) in [5.74, 6) is 0.308. The molecule has 0 atom stereocenters. The molecular formula is C24H26N4O3S2. The predicted octanol–water partition coefficient (Wildman–Crippen LogP) is 4.42. The Balaban J connectivity index is 1.45. The van der Waals surface area contributed by atoms with Crippen LogP contribution in [0.2, 0.25) is 0 Å². The molecule has 1 amide bonds. The van der Waals surface area contributed by atoms with Crippen molar-refractivity contribution in [2.24, 2.45) is 0 Å². The van der Waals surface area contributed by atoms with Crippen molar-refractivity contribution in [1.82, 2.24) is 14.3 Å². The average Bonchev–Trinajstić information content (AvgIpc) is 3.34. The first-order valence-corrected chi connectivity index (χ1v) is 13.2. The lowest BCUT2D eigenvalue weighted by Gasteiger charge is -2.16. The van der Waals surface area contributed by atoms with Crippen molar-refractivity contribution in [2.75, 3.05) is 18.4 Å². The number of hydrogen-bond acceptors (Lipinski definition) is 6. The van der Waals surface area contributed by atoms with E-state index in [-0.39, 0.29) is 10.8 Å². The molecule has 0 bridgehead atoms. The number of carbonyl (C=O) groups excluding carboxylic acids is 1. The zero-order valence-corrected chi connectivity index (χ0v) is 20.2. The molecule has 1 fully saturated rings. The number of aromatic nitrogens is 2. The summed E-state index contributed by atoms with van der Waals surface area (Å²) in [5, 5.41) is 3.55. The molecule has 1 aromatic heterocycles. The van der Waals surface area contributed by atoms with E-state index in [4.69, 9.17) is 0 Å². The third-order valence-electron chi connectivity index (χ3n) is 5.40. The molecule has 0 radical (unpaired) electrons. The molecule has 0 saturated carbocycles. The number of hydrogen-bond donors (Lipinski definition) is 1. The Morgan fingerprint density at radius 2 is 1.64 bits per heavy atom. The maximum absolute atomic E-state index is 13.0. The molecule has 0 spiro atoms. The van der Waals surface area contributed by atoms with Gasteiger partial charge in [0.05, 0.1) is 4.90 Å². The van der Waals surface area contributed by atoms with E-state index < -0.39 is 10.0 Å². The van der Waals surface area contributed by atoms with Gasteiger partial charge in [-0.2, -0.15) is 4.31 Å². The number of benzene rings is 2. The van der Waals surface area contributed by atoms with Gasteiger partial charge in [-0.3, -0.25) is 4.79 Å². The summed E-state index contributed by atoms with van der Waals surface area (Å²) in [4.78, 5) is 22.1. The minimum atomic E-state index is -3.48. The molecule has 1 aliphatic heterocycles. The summed E-state index contributed by atoms with van der Waals surface area (Å²) in [7, 11) is -3.48. The van der Waals surface area contributed by atoms with Crippen LogP contribution >= 0.6 is 11.8 Å². The summed E-state index contributed by atoms with van der Waals surface area (Å²) in [6.45, 7) is 4.98. The van der Waals surface area contributed by atoms with E-state index in [0.29, 0.717) is 35.2 Å². The van der Waals surface area contributed by atoms with Crippen molar-refractivity contribution in [1.29, 1.82) is 0 Å². The highest BCUT2D eigenvalue weighted by Gasteiger charge is 2.27. The van der Waals surface area contributed by atoms with E-state index in [1.807, 2.05) is 38.1 Å². The number of nitrogens with one attached hydrogen (secondary N) is 1. The second-order valence-electron chi connectivity index (χ2n) is 7.97. The highest BCUT2D eigenvalue weighted by molar-refractivity contribution is 7.98. The minimum Gasteiger partial charge on any atom is -0.322 e. The lowest BCUT2D eigenvalue weighted by molar-refractivity contribution is 0.102. The predicted molar refractivity (Wildman–Crippen MR) is 130 cm³/mol. The molecule has 2 aromatic carbocycles. The van der Waals surface area contributed by atoms with E-state index in [9.17, 15) is 13.2 Å². The largest absolute Gasteiger partial charge is 0.322 e. The number of sulfonamides is 1. The second-order valence-corrected chi connectivity index (χ2v) is 10.8.